The normalized spacial score (nSPS) is 13.4. The standard InChI is InChI=1S/C16H23Cl2N3O3.HI/c1-4-19-16(20-8-10(2)15(23)24-3)21-9-14(22)11-5-12(17)7-13(18)6-11;/h5-7,10,14,22H,4,8-9H2,1-3H3,(H2,19,20,21);1H. The molecule has 0 bridgehead atoms. The highest BCUT2D eigenvalue weighted by Gasteiger charge is 2.14. The number of halogens is 3. The summed E-state index contributed by atoms with van der Waals surface area (Å²) >= 11 is 11.9. The topological polar surface area (TPSA) is 83.0 Å². The van der Waals surface area contributed by atoms with Gasteiger partial charge in [-0.15, -0.1) is 24.0 Å². The lowest BCUT2D eigenvalue weighted by Gasteiger charge is -2.16. The molecule has 2 unspecified atom stereocenters. The van der Waals surface area contributed by atoms with Crippen LogP contribution in [0.15, 0.2) is 23.2 Å². The number of esters is 1. The zero-order valence-electron chi connectivity index (χ0n) is 14.4. The van der Waals surface area contributed by atoms with Gasteiger partial charge in [0, 0.05) is 23.1 Å². The van der Waals surface area contributed by atoms with E-state index in [4.69, 9.17) is 23.2 Å². The average Bonchev–Trinajstić information content (AvgIpc) is 2.55. The highest BCUT2D eigenvalue weighted by molar-refractivity contribution is 14.0. The summed E-state index contributed by atoms with van der Waals surface area (Å²) in [5.41, 5.74) is 0.610. The number of nitrogens with zero attached hydrogens (tertiary/aromatic N) is 1. The Bertz CT molecular complexity index is 567. The van der Waals surface area contributed by atoms with Gasteiger partial charge in [0.15, 0.2) is 5.96 Å². The quantitative estimate of drug-likeness (QED) is 0.230. The molecule has 0 fully saturated rings. The van der Waals surface area contributed by atoms with Gasteiger partial charge < -0.3 is 20.5 Å². The molecule has 0 aliphatic carbocycles. The first-order valence-corrected chi connectivity index (χ1v) is 8.37. The average molecular weight is 504 g/mol. The Labute approximate surface area is 175 Å². The number of aliphatic hydroxyl groups is 1. The van der Waals surface area contributed by atoms with Crippen LogP contribution in [0, 0.1) is 5.92 Å². The Hall–Kier alpha value is -0.770. The van der Waals surface area contributed by atoms with E-state index in [2.05, 4.69) is 20.4 Å². The maximum absolute atomic E-state index is 11.4. The zero-order valence-corrected chi connectivity index (χ0v) is 18.2. The number of aliphatic imine (C=N–C) groups is 1. The van der Waals surface area contributed by atoms with Crippen LogP contribution in [0.2, 0.25) is 10.0 Å². The minimum atomic E-state index is -0.803. The fraction of sp³-hybridized carbons (Fsp3) is 0.500. The summed E-state index contributed by atoms with van der Waals surface area (Å²) in [5.74, 6) is -0.161. The Morgan fingerprint density at radius 2 is 1.88 bits per heavy atom. The highest BCUT2D eigenvalue weighted by atomic mass is 127. The Kier molecular flexibility index (Phi) is 12.2. The highest BCUT2D eigenvalue weighted by Crippen LogP contribution is 2.23. The molecule has 0 radical (unpaired) electrons. The zero-order chi connectivity index (χ0) is 18.1. The maximum atomic E-state index is 11.4. The molecule has 0 amide bonds. The van der Waals surface area contributed by atoms with E-state index in [1.54, 1.807) is 25.1 Å². The number of benzene rings is 1. The first-order chi connectivity index (χ1) is 11.4. The number of hydrogen-bond donors (Lipinski definition) is 3. The summed E-state index contributed by atoms with van der Waals surface area (Å²) in [7, 11) is 1.35. The van der Waals surface area contributed by atoms with Gasteiger partial charge in [-0.1, -0.05) is 30.1 Å². The Balaban J connectivity index is 0.00000576. The predicted octanol–water partition coefficient (Wildman–Crippen LogP) is 3.01. The third kappa shape index (κ3) is 8.94. The van der Waals surface area contributed by atoms with Gasteiger partial charge in [-0.3, -0.25) is 9.79 Å². The fourth-order valence-electron chi connectivity index (χ4n) is 1.92. The van der Waals surface area contributed by atoms with Crippen LogP contribution in [0.5, 0.6) is 0 Å². The van der Waals surface area contributed by atoms with Gasteiger partial charge in [-0.05, 0) is 30.7 Å². The summed E-state index contributed by atoms with van der Waals surface area (Å²) in [5, 5.41) is 17.2. The van der Waals surface area contributed by atoms with Crippen LogP contribution in [-0.2, 0) is 9.53 Å². The second-order valence-electron chi connectivity index (χ2n) is 5.24. The third-order valence-corrected chi connectivity index (χ3v) is 3.64. The van der Waals surface area contributed by atoms with Gasteiger partial charge in [0.05, 0.1) is 25.7 Å². The van der Waals surface area contributed by atoms with Gasteiger partial charge in [-0.25, -0.2) is 0 Å². The molecule has 142 valence electrons. The van der Waals surface area contributed by atoms with E-state index in [9.17, 15) is 9.90 Å². The number of methoxy groups -OCH3 is 1. The molecule has 6 nitrogen and oxygen atoms in total. The number of aliphatic hydroxyl groups excluding tert-OH is 1. The number of rotatable bonds is 7. The monoisotopic (exact) mass is 503 g/mol. The molecule has 0 aliphatic heterocycles. The van der Waals surface area contributed by atoms with Crippen molar-refractivity contribution in [1.82, 2.24) is 10.6 Å². The van der Waals surface area contributed by atoms with Gasteiger partial charge in [0.1, 0.15) is 0 Å². The summed E-state index contributed by atoms with van der Waals surface area (Å²) in [6.45, 7) is 4.81. The van der Waals surface area contributed by atoms with Crippen molar-refractivity contribution >= 4 is 59.1 Å². The molecular weight excluding hydrogens is 480 g/mol. The summed E-state index contributed by atoms with van der Waals surface area (Å²) < 4.78 is 4.67. The largest absolute Gasteiger partial charge is 0.469 e. The van der Waals surface area contributed by atoms with Crippen LogP contribution in [0.1, 0.15) is 25.5 Å². The molecule has 1 aromatic rings. The van der Waals surface area contributed by atoms with E-state index < -0.39 is 6.10 Å². The minimum Gasteiger partial charge on any atom is -0.469 e. The number of hydrogen-bond acceptors (Lipinski definition) is 4. The molecule has 0 saturated carbocycles. The van der Waals surface area contributed by atoms with E-state index in [1.165, 1.54) is 7.11 Å². The molecule has 1 aromatic carbocycles. The van der Waals surface area contributed by atoms with Crippen LogP contribution in [0.4, 0.5) is 0 Å². The molecule has 1 rings (SSSR count). The molecule has 3 N–H and O–H groups in total. The van der Waals surface area contributed by atoms with E-state index in [0.717, 1.165) is 0 Å². The molecule has 0 aromatic heterocycles. The molecular formula is C16H24Cl2IN3O3. The summed E-state index contributed by atoms with van der Waals surface area (Å²) in [6, 6.07) is 4.92. The Morgan fingerprint density at radius 1 is 1.28 bits per heavy atom. The minimum absolute atomic E-state index is 0. The fourth-order valence-corrected chi connectivity index (χ4v) is 2.47. The third-order valence-electron chi connectivity index (χ3n) is 3.20. The van der Waals surface area contributed by atoms with Crippen molar-refractivity contribution in [3.63, 3.8) is 0 Å². The first-order valence-electron chi connectivity index (χ1n) is 7.61. The number of ether oxygens (including phenoxy) is 1. The smallest absolute Gasteiger partial charge is 0.310 e. The molecule has 0 heterocycles. The van der Waals surface area contributed by atoms with Crippen molar-refractivity contribution in [3.8, 4) is 0 Å². The van der Waals surface area contributed by atoms with Crippen LogP contribution >= 0.6 is 47.2 Å². The van der Waals surface area contributed by atoms with Gasteiger partial charge in [-0.2, -0.15) is 0 Å². The van der Waals surface area contributed by atoms with Crippen molar-refractivity contribution in [2.75, 3.05) is 26.7 Å². The van der Waals surface area contributed by atoms with Crippen LogP contribution in [-0.4, -0.2) is 43.8 Å². The second kappa shape index (κ2) is 12.6. The van der Waals surface area contributed by atoms with E-state index in [-0.39, 0.29) is 49.0 Å². The number of nitrogens with one attached hydrogen (secondary N) is 2. The summed E-state index contributed by atoms with van der Waals surface area (Å²) in [6.07, 6.45) is -0.803. The number of carbonyl (C=O) groups is 1. The summed E-state index contributed by atoms with van der Waals surface area (Å²) in [4.78, 5) is 15.7. The number of carbonyl (C=O) groups excluding carboxylic acids is 1. The lowest BCUT2D eigenvalue weighted by molar-refractivity contribution is -0.144. The molecule has 9 heteroatoms. The predicted molar refractivity (Wildman–Crippen MR) is 112 cm³/mol. The van der Waals surface area contributed by atoms with Crippen molar-refractivity contribution < 1.29 is 14.6 Å². The van der Waals surface area contributed by atoms with Crippen molar-refractivity contribution in [1.29, 1.82) is 0 Å². The van der Waals surface area contributed by atoms with E-state index in [1.807, 2.05) is 6.92 Å². The van der Waals surface area contributed by atoms with Crippen LogP contribution in [0.25, 0.3) is 0 Å². The molecule has 0 aliphatic rings. The molecule has 0 spiro atoms. The van der Waals surface area contributed by atoms with Gasteiger partial charge in [0.25, 0.3) is 0 Å². The maximum Gasteiger partial charge on any atom is 0.310 e. The van der Waals surface area contributed by atoms with E-state index in [0.29, 0.717) is 28.1 Å². The van der Waals surface area contributed by atoms with Crippen LogP contribution in [0.3, 0.4) is 0 Å². The van der Waals surface area contributed by atoms with Crippen LogP contribution < -0.4 is 10.6 Å². The van der Waals surface area contributed by atoms with Gasteiger partial charge >= 0.3 is 5.97 Å². The lowest BCUT2D eigenvalue weighted by Crippen LogP contribution is -2.40. The van der Waals surface area contributed by atoms with E-state index >= 15 is 0 Å². The van der Waals surface area contributed by atoms with Gasteiger partial charge in [0.2, 0.25) is 0 Å². The Morgan fingerprint density at radius 3 is 2.40 bits per heavy atom. The molecule has 0 saturated heterocycles. The van der Waals surface area contributed by atoms with Crippen molar-refractivity contribution in [2.24, 2.45) is 10.9 Å². The molecule has 2 atom stereocenters. The molecule has 25 heavy (non-hydrogen) atoms. The first kappa shape index (κ1) is 24.2. The second-order valence-corrected chi connectivity index (χ2v) is 6.12. The lowest BCUT2D eigenvalue weighted by atomic mass is 10.1. The SMILES string of the molecule is CCNC(=NCC(C)C(=O)OC)NCC(O)c1cc(Cl)cc(Cl)c1.I. The van der Waals surface area contributed by atoms with Crippen molar-refractivity contribution in [3.05, 3.63) is 33.8 Å². The number of guanidine groups is 1. The van der Waals surface area contributed by atoms with Crippen molar-refractivity contribution in [2.45, 2.75) is 20.0 Å².